The summed E-state index contributed by atoms with van der Waals surface area (Å²) in [7, 11) is 0. The largest absolute Gasteiger partial charge is 0.354 e. The van der Waals surface area contributed by atoms with Gasteiger partial charge in [-0.1, -0.05) is 111 Å². The summed E-state index contributed by atoms with van der Waals surface area (Å²) in [6, 6.07) is -0.370. The van der Waals surface area contributed by atoms with Crippen molar-refractivity contribution < 1.29 is 9.59 Å². The average molecular weight is 411 g/mol. The molecule has 0 aromatic rings. The second-order valence-electron chi connectivity index (χ2n) is 8.55. The highest BCUT2D eigenvalue weighted by atomic mass is 16.2. The van der Waals surface area contributed by atoms with E-state index in [4.69, 9.17) is 0 Å². The lowest BCUT2D eigenvalue weighted by molar-refractivity contribution is -0.129. The van der Waals surface area contributed by atoms with Gasteiger partial charge in [0.05, 0.1) is 0 Å². The van der Waals surface area contributed by atoms with Gasteiger partial charge in [0.2, 0.25) is 11.8 Å². The minimum Gasteiger partial charge on any atom is -0.354 e. The molecule has 1 atom stereocenters. The zero-order valence-electron chi connectivity index (χ0n) is 19.8. The molecule has 0 aromatic heterocycles. The first-order valence-electron chi connectivity index (χ1n) is 12.7. The molecule has 0 aliphatic rings. The van der Waals surface area contributed by atoms with E-state index in [2.05, 4.69) is 17.6 Å². The molecule has 0 fully saturated rings. The van der Waals surface area contributed by atoms with Crippen LogP contribution in [0.2, 0.25) is 0 Å². The van der Waals surface area contributed by atoms with Gasteiger partial charge in [-0.3, -0.25) is 9.59 Å². The Labute approximate surface area is 181 Å². The summed E-state index contributed by atoms with van der Waals surface area (Å²) in [5, 5.41) is 5.87. The van der Waals surface area contributed by atoms with Crippen LogP contribution in [0.1, 0.15) is 136 Å². The smallest absolute Gasteiger partial charge is 0.242 e. The van der Waals surface area contributed by atoms with E-state index in [1.165, 1.54) is 83.5 Å². The molecule has 0 saturated carbocycles. The highest BCUT2D eigenvalue weighted by molar-refractivity contribution is 5.87. The van der Waals surface area contributed by atoms with Crippen LogP contribution < -0.4 is 10.6 Å². The Morgan fingerprint density at radius 1 is 0.621 bits per heavy atom. The molecule has 0 spiro atoms. The van der Waals surface area contributed by atoms with Crippen molar-refractivity contribution in [1.29, 1.82) is 0 Å². The first-order valence-corrected chi connectivity index (χ1v) is 12.7. The van der Waals surface area contributed by atoms with Crippen LogP contribution in [0.15, 0.2) is 0 Å². The molecule has 0 aliphatic carbocycles. The quantitative estimate of drug-likeness (QED) is 0.208. The second-order valence-corrected chi connectivity index (χ2v) is 8.55. The molecule has 172 valence electrons. The highest BCUT2D eigenvalue weighted by Crippen LogP contribution is 2.12. The molecule has 0 aromatic carbocycles. The maximum atomic E-state index is 12.3. The zero-order valence-corrected chi connectivity index (χ0v) is 19.8. The van der Waals surface area contributed by atoms with Gasteiger partial charge in [0.25, 0.3) is 0 Å². The lowest BCUT2D eigenvalue weighted by atomic mass is 10.0. The molecule has 0 heterocycles. The van der Waals surface area contributed by atoms with E-state index >= 15 is 0 Å². The maximum absolute atomic E-state index is 12.3. The molecule has 0 aliphatic heterocycles. The molecule has 2 N–H and O–H groups in total. The average Bonchev–Trinajstić information content (AvgIpc) is 2.70. The first kappa shape index (κ1) is 27.9. The van der Waals surface area contributed by atoms with Crippen molar-refractivity contribution in [3.8, 4) is 0 Å². The van der Waals surface area contributed by atoms with E-state index in [9.17, 15) is 9.59 Å². The Bertz CT molecular complexity index is 385. The predicted octanol–water partition coefficient (Wildman–Crippen LogP) is 6.67. The van der Waals surface area contributed by atoms with Crippen LogP contribution in [-0.4, -0.2) is 24.4 Å². The van der Waals surface area contributed by atoms with E-state index in [0.29, 0.717) is 12.8 Å². The standard InChI is InChI=1S/C25H50N2O2/c1-4-7-8-9-10-11-12-13-14-15-16-17-18-19-22-26-25(29)23(20-5-2)27-24(28)21-6-3/h23H,4-22H2,1-3H3,(H,26,29)(H,27,28). The van der Waals surface area contributed by atoms with Crippen molar-refractivity contribution in [2.24, 2.45) is 0 Å². The second kappa shape index (κ2) is 21.6. The highest BCUT2D eigenvalue weighted by Gasteiger charge is 2.18. The van der Waals surface area contributed by atoms with Gasteiger partial charge in [-0.15, -0.1) is 0 Å². The number of hydrogen-bond acceptors (Lipinski definition) is 2. The van der Waals surface area contributed by atoms with E-state index in [1.807, 2.05) is 13.8 Å². The summed E-state index contributed by atoms with van der Waals surface area (Å²) in [4.78, 5) is 24.0. The van der Waals surface area contributed by atoms with Gasteiger partial charge in [-0.2, -0.15) is 0 Å². The van der Waals surface area contributed by atoms with Crippen molar-refractivity contribution in [2.45, 2.75) is 142 Å². The van der Waals surface area contributed by atoms with Gasteiger partial charge >= 0.3 is 0 Å². The van der Waals surface area contributed by atoms with Crippen LogP contribution in [-0.2, 0) is 9.59 Å². The molecule has 4 heteroatoms. The lowest BCUT2D eigenvalue weighted by Crippen LogP contribution is -2.46. The monoisotopic (exact) mass is 410 g/mol. The fraction of sp³-hybridized carbons (Fsp3) is 0.920. The molecular formula is C25H50N2O2. The van der Waals surface area contributed by atoms with Gasteiger partial charge in [0.15, 0.2) is 0 Å². The lowest BCUT2D eigenvalue weighted by Gasteiger charge is -2.17. The fourth-order valence-electron chi connectivity index (χ4n) is 3.71. The molecule has 4 nitrogen and oxygen atoms in total. The number of amides is 2. The molecule has 0 radical (unpaired) electrons. The van der Waals surface area contributed by atoms with Crippen LogP contribution >= 0.6 is 0 Å². The third-order valence-electron chi connectivity index (χ3n) is 5.54. The van der Waals surface area contributed by atoms with E-state index in [0.717, 1.165) is 25.8 Å². The molecule has 2 amide bonds. The summed E-state index contributed by atoms with van der Waals surface area (Å²) < 4.78 is 0. The van der Waals surface area contributed by atoms with Gasteiger partial charge in [0.1, 0.15) is 6.04 Å². The minimum absolute atomic E-state index is 0.0161. The number of hydrogen-bond donors (Lipinski definition) is 2. The summed E-state index contributed by atoms with van der Waals surface area (Å²) >= 11 is 0. The van der Waals surface area contributed by atoms with Crippen molar-refractivity contribution in [2.75, 3.05) is 6.54 Å². The zero-order chi connectivity index (χ0) is 21.6. The third kappa shape index (κ3) is 18.7. The van der Waals surface area contributed by atoms with Crippen molar-refractivity contribution in [3.05, 3.63) is 0 Å². The minimum atomic E-state index is -0.370. The van der Waals surface area contributed by atoms with Gasteiger partial charge in [-0.05, 0) is 19.3 Å². The predicted molar refractivity (Wildman–Crippen MR) is 125 cm³/mol. The topological polar surface area (TPSA) is 58.2 Å². The van der Waals surface area contributed by atoms with Crippen LogP contribution in [0.25, 0.3) is 0 Å². The molecule has 0 rings (SSSR count). The molecule has 29 heavy (non-hydrogen) atoms. The van der Waals surface area contributed by atoms with Gasteiger partial charge in [-0.25, -0.2) is 0 Å². The number of unbranched alkanes of at least 4 members (excludes halogenated alkanes) is 13. The normalized spacial score (nSPS) is 12.0. The van der Waals surface area contributed by atoms with E-state index < -0.39 is 0 Å². The molecule has 0 saturated heterocycles. The Morgan fingerprint density at radius 3 is 1.55 bits per heavy atom. The number of carbonyl (C=O) groups is 2. The van der Waals surface area contributed by atoms with Gasteiger partial charge < -0.3 is 10.6 Å². The summed E-state index contributed by atoms with van der Waals surface area (Å²) in [5.41, 5.74) is 0. The van der Waals surface area contributed by atoms with Gasteiger partial charge in [0, 0.05) is 13.0 Å². The van der Waals surface area contributed by atoms with E-state index in [1.54, 1.807) is 0 Å². The van der Waals surface area contributed by atoms with Crippen LogP contribution in [0.4, 0.5) is 0 Å². The van der Waals surface area contributed by atoms with Crippen LogP contribution in [0, 0.1) is 0 Å². The molecule has 1 unspecified atom stereocenters. The fourth-order valence-corrected chi connectivity index (χ4v) is 3.71. The Kier molecular flexibility index (Phi) is 20.9. The molecule has 0 bridgehead atoms. The molecular weight excluding hydrogens is 360 g/mol. The first-order chi connectivity index (χ1) is 14.2. The van der Waals surface area contributed by atoms with Crippen molar-refractivity contribution >= 4 is 11.8 Å². The van der Waals surface area contributed by atoms with Crippen LogP contribution in [0.5, 0.6) is 0 Å². The summed E-state index contributed by atoms with van der Waals surface area (Å²) in [5.74, 6) is -0.0383. The summed E-state index contributed by atoms with van der Waals surface area (Å²) in [6.45, 7) is 7.01. The Hall–Kier alpha value is -1.06. The summed E-state index contributed by atoms with van der Waals surface area (Å²) in [6.07, 6.45) is 21.7. The van der Waals surface area contributed by atoms with E-state index in [-0.39, 0.29) is 17.9 Å². The number of nitrogens with one attached hydrogen (secondary N) is 2. The maximum Gasteiger partial charge on any atom is 0.242 e. The van der Waals surface area contributed by atoms with Crippen molar-refractivity contribution in [1.82, 2.24) is 10.6 Å². The Balaban J connectivity index is 3.51. The number of carbonyl (C=O) groups excluding carboxylic acids is 2. The SMILES string of the molecule is CCCCCCCCCCCCCCCCNC(=O)C(CCC)NC(=O)CCC. The third-order valence-corrected chi connectivity index (χ3v) is 5.54. The van der Waals surface area contributed by atoms with Crippen LogP contribution in [0.3, 0.4) is 0 Å². The Morgan fingerprint density at radius 2 is 1.10 bits per heavy atom. The van der Waals surface area contributed by atoms with Crippen molar-refractivity contribution in [3.63, 3.8) is 0 Å². The number of rotatable bonds is 21.